The van der Waals surface area contributed by atoms with Crippen molar-refractivity contribution in [2.24, 2.45) is 0 Å². The Balaban J connectivity index is 2.01. The predicted octanol–water partition coefficient (Wildman–Crippen LogP) is 2.11. The van der Waals surface area contributed by atoms with Crippen LogP contribution in [-0.4, -0.2) is 28.4 Å². The minimum Gasteiger partial charge on any atom is -0.360 e. The van der Waals surface area contributed by atoms with Crippen molar-refractivity contribution in [2.75, 3.05) is 11.9 Å². The molecule has 0 unspecified atom stereocenters. The number of hydrogen-bond donors (Lipinski definition) is 1. The van der Waals surface area contributed by atoms with Gasteiger partial charge in [0.25, 0.3) is 0 Å². The second-order valence-corrected chi connectivity index (χ2v) is 4.84. The molecule has 6 nitrogen and oxygen atoms in total. The number of benzene rings is 1. The van der Waals surface area contributed by atoms with Crippen LogP contribution in [0.25, 0.3) is 0 Å². The van der Waals surface area contributed by atoms with Crippen LogP contribution < -0.4 is 5.32 Å². The van der Waals surface area contributed by atoms with Gasteiger partial charge in [0.15, 0.2) is 5.82 Å². The third-order valence-electron chi connectivity index (χ3n) is 2.99. The minimum atomic E-state index is -0.431. The average Bonchev–Trinajstić information content (AvgIpc) is 2.85. The number of halogens is 1. The Morgan fingerprint density at radius 1 is 1.36 bits per heavy atom. The normalized spacial score (nSPS) is 10.3. The van der Waals surface area contributed by atoms with Gasteiger partial charge in [-0.15, -0.1) is 0 Å². The van der Waals surface area contributed by atoms with Gasteiger partial charge in [0, 0.05) is 25.1 Å². The molecule has 0 atom stereocenters. The van der Waals surface area contributed by atoms with Crippen molar-refractivity contribution in [3.63, 3.8) is 0 Å². The van der Waals surface area contributed by atoms with Crippen LogP contribution in [0.15, 0.2) is 34.9 Å². The fraction of sp³-hybridized carbons (Fsp3) is 0.267. The summed E-state index contributed by atoms with van der Waals surface area (Å²) in [7, 11) is 0. The van der Waals surface area contributed by atoms with E-state index >= 15 is 0 Å². The van der Waals surface area contributed by atoms with E-state index in [-0.39, 0.29) is 24.8 Å². The van der Waals surface area contributed by atoms with Crippen LogP contribution >= 0.6 is 0 Å². The zero-order valence-corrected chi connectivity index (χ0v) is 12.3. The van der Waals surface area contributed by atoms with Gasteiger partial charge in [0.1, 0.15) is 18.1 Å². The maximum atomic E-state index is 13.6. The summed E-state index contributed by atoms with van der Waals surface area (Å²) in [6.07, 6.45) is 0. The van der Waals surface area contributed by atoms with E-state index in [1.807, 2.05) is 0 Å². The summed E-state index contributed by atoms with van der Waals surface area (Å²) in [5.74, 6) is -0.335. The molecule has 2 amide bonds. The lowest BCUT2D eigenvalue weighted by atomic mass is 10.2. The molecule has 1 aromatic heterocycles. The van der Waals surface area contributed by atoms with Crippen LogP contribution in [0.1, 0.15) is 18.2 Å². The van der Waals surface area contributed by atoms with Crippen LogP contribution in [-0.2, 0) is 16.1 Å². The topological polar surface area (TPSA) is 75.4 Å². The summed E-state index contributed by atoms with van der Waals surface area (Å²) in [6, 6.07) is 7.69. The van der Waals surface area contributed by atoms with Crippen LogP contribution in [0.5, 0.6) is 0 Å². The number of anilines is 1. The molecule has 0 aliphatic carbocycles. The van der Waals surface area contributed by atoms with Crippen molar-refractivity contribution in [2.45, 2.75) is 20.4 Å². The number of carbonyl (C=O) groups is 2. The predicted molar refractivity (Wildman–Crippen MR) is 77.4 cm³/mol. The highest BCUT2D eigenvalue weighted by Crippen LogP contribution is 2.11. The van der Waals surface area contributed by atoms with Gasteiger partial charge < -0.3 is 14.7 Å². The van der Waals surface area contributed by atoms with Gasteiger partial charge >= 0.3 is 0 Å². The summed E-state index contributed by atoms with van der Waals surface area (Å²) >= 11 is 0. The molecule has 0 bridgehead atoms. The van der Waals surface area contributed by atoms with Gasteiger partial charge in [-0.25, -0.2) is 4.39 Å². The van der Waals surface area contributed by atoms with E-state index < -0.39 is 11.7 Å². The largest absolute Gasteiger partial charge is 0.360 e. The molecular weight excluding hydrogens is 289 g/mol. The van der Waals surface area contributed by atoms with E-state index in [1.54, 1.807) is 31.2 Å². The number of aromatic nitrogens is 1. The molecule has 0 spiro atoms. The van der Waals surface area contributed by atoms with E-state index in [0.717, 1.165) is 0 Å². The highest BCUT2D eigenvalue weighted by atomic mass is 19.1. The minimum absolute atomic E-state index is 0.0211. The zero-order chi connectivity index (χ0) is 16.1. The first-order valence-corrected chi connectivity index (χ1v) is 6.68. The fourth-order valence-corrected chi connectivity index (χ4v) is 1.89. The van der Waals surface area contributed by atoms with E-state index in [4.69, 9.17) is 4.52 Å². The standard InChI is InChI=1S/C15H16FN3O3/c1-10-7-14(18-22-10)17-15(21)9-19(11(2)20)8-12-5-3-4-6-13(12)16/h3-7H,8-9H2,1-2H3,(H,17,18,21). The summed E-state index contributed by atoms with van der Waals surface area (Å²) in [6.45, 7) is 2.85. The SMILES string of the molecule is CC(=O)N(CC(=O)Nc1cc(C)on1)Cc1ccccc1F. The molecule has 0 fully saturated rings. The Morgan fingerprint density at radius 2 is 2.09 bits per heavy atom. The number of amides is 2. The van der Waals surface area contributed by atoms with Crippen LogP contribution in [0.2, 0.25) is 0 Å². The Bertz CT molecular complexity index is 684. The second-order valence-electron chi connectivity index (χ2n) is 4.84. The highest BCUT2D eigenvalue weighted by Gasteiger charge is 2.16. The Morgan fingerprint density at radius 3 is 2.68 bits per heavy atom. The maximum absolute atomic E-state index is 13.6. The number of rotatable bonds is 5. The van der Waals surface area contributed by atoms with Gasteiger partial charge in [0.2, 0.25) is 11.8 Å². The zero-order valence-electron chi connectivity index (χ0n) is 12.3. The molecule has 1 N–H and O–H groups in total. The molecular formula is C15H16FN3O3. The first-order chi connectivity index (χ1) is 10.5. The Hall–Kier alpha value is -2.70. The van der Waals surface area contributed by atoms with E-state index in [9.17, 15) is 14.0 Å². The molecule has 1 aromatic carbocycles. The van der Waals surface area contributed by atoms with Crippen LogP contribution in [0.4, 0.5) is 10.2 Å². The van der Waals surface area contributed by atoms with Gasteiger partial charge in [-0.1, -0.05) is 23.4 Å². The van der Waals surface area contributed by atoms with E-state index in [1.165, 1.54) is 17.9 Å². The molecule has 1 heterocycles. The summed E-state index contributed by atoms with van der Waals surface area (Å²) in [4.78, 5) is 24.8. The number of aryl methyl sites for hydroxylation is 1. The monoisotopic (exact) mass is 305 g/mol. The van der Waals surface area contributed by atoms with E-state index in [0.29, 0.717) is 11.3 Å². The van der Waals surface area contributed by atoms with Crippen molar-refractivity contribution in [1.29, 1.82) is 0 Å². The lowest BCUT2D eigenvalue weighted by Gasteiger charge is -2.20. The second kappa shape index (κ2) is 6.84. The summed E-state index contributed by atoms with van der Waals surface area (Å²) in [5.41, 5.74) is 0.350. The van der Waals surface area contributed by atoms with Gasteiger partial charge in [-0.05, 0) is 13.0 Å². The Labute approximate surface area is 126 Å². The van der Waals surface area contributed by atoms with Gasteiger partial charge in [0.05, 0.1) is 0 Å². The number of nitrogens with zero attached hydrogens (tertiary/aromatic N) is 2. The molecule has 2 rings (SSSR count). The van der Waals surface area contributed by atoms with Crippen LogP contribution in [0, 0.1) is 12.7 Å². The number of nitrogens with one attached hydrogen (secondary N) is 1. The summed E-state index contributed by atoms with van der Waals surface area (Å²) < 4.78 is 18.5. The molecule has 0 radical (unpaired) electrons. The molecule has 0 saturated heterocycles. The van der Waals surface area contributed by atoms with E-state index in [2.05, 4.69) is 10.5 Å². The molecule has 0 aliphatic rings. The lowest BCUT2D eigenvalue weighted by Crippen LogP contribution is -2.36. The third kappa shape index (κ3) is 4.15. The number of carbonyl (C=O) groups excluding carboxylic acids is 2. The fourth-order valence-electron chi connectivity index (χ4n) is 1.89. The smallest absolute Gasteiger partial charge is 0.245 e. The third-order valence-corrected chi connectivity index (χ3v) is 2.99. The first kappa shape index (κ1) is 15.7. The highest BCUT2D eigenvalue weighted by molar-refractivity contribution is 5.93. The molecule has 2 aromatic rings. The van der Waals surface area contributed by atoms with Gasteiger partial charge in [-0.2, -0.15) is 0 Å². The quantitative estimate of drug-likeness (QED) is 0.918. The molecule has 116 valence electrons. The molecule has 22 heavy (non-hydrogen) atoms. The summed E-state index contributed by atoms with van der Waals surface area (Å²) in [5, 5.41) is 6.15. The van der Waals surface area contributed by atoms with Crippen molar-refractivity contribution in [3.8, 4) is 0 Å². The maximum Gasteiger partial charge on any atom is 0.245 e. The van der Waals surface area contributed by atoms with Crippen molar-refractivity contribution >= 4 is 17.6 Å². The Kier molecular flexibility index (Phi) is 4.88. The first-order valence-electron chi connectivity index (χ1n) is 6.68. The molecule has 0 saturated carbocycles. The van der Waals surface area contributed by atoms with Gasteiger partial charge in [-0.3, -0.25) is 9.59 Å². The van der Waals surface area contributed by atoms with Crippen molar-refractivity contribution in [3.05, 3.63) is 47.5 Å². The average molecular weight is 305 g/mol. The van der Waals surface area contributed by atoms with Crippen LogP contribution in [0.3, 0.4) is 0 Å². The van der Waals surface area contributed by atoms with Crippen molar-refractivity contribution < 1.29 is 18.5 Å². The molecule has 7 heteroatoms. The lowest BCUT2D eigenvalue weighted by molar-refractivity contribution is -0.133. The number of hydrogen-bond acceptors (Lipinski definition) is 4. The molecule has 0 aliphatic heterocycles. The van der Waals surface area contributed by atoms with Crippen molar-refractivity contribution in [1.82, 2.24) is 10.1 Å².